The third-order valence-corrected chi connectivity index (χ3v) is 3.14. The Balaban J connectivity index is 2.19. The number of aromatic nitrogens is 1. The average molecular weight is 292 g/mol. The first-order valence-electron chi connectivity index (χ1n) is 6.61. The summed E-state index contributed by atoms with van der Waals surface area (Å²) in [7, 11) is 0. The lowest BCUT2D eigenvalue weighted by Gasteiger charge is -2.23. The second-order valence-corrected chi connectivity index (χ2v) is 5.04. The number of aliphatic carboxylic acids is 1. The van der Waals surface area contributed by atoms with Crippen molar-refractivity contribution in [3.8, 4) is 0 Å². The molecule has 112 valence electrons. The molecule has 6 heteroatoms. The number of carboxylic acids is 1. The van der Waals surface area contributed by atoms with Crippen molar-refractivity contribution in [2.24, 2.45) is 5.92 Å². The van der Waals surface area contributed by atoms with Crippen molar-refractivity contribution in [2.45, 2.75) is 20.4 Å². The van der Waals surface area contributed by atoms with Crippen LogP contribution in [0.25, 0.3) is 0 Å². The summed E-state index contributed by atoms with van der Waals surface area (Å²) in [6.07, 6.45) is 0. The van der Waals surface area contributed by atoms with E-state index in [1.807, 2.05) is 4.90 Å². The van der Waals surface area contributed by atoms with E-state index < -0.39 is 11.9 Å². The standard InChI is InChI=1S/C15H17FN2O3/c1-10(15(19)20)8-18(14-7-11(2)21-17-14)9-12-3-5-13(16)6-4-12/h3-7,10H,8-9H2,1-2H3,(H,19,20). The van der Waals surface area contributed by atoms with Crippen molar-refractivity contribution in [1.29, 1.82) is 0 Å². The van der Waals surface area contributed by atoms with Gasteiger partial charge in [-0.25, -0.2) is 4.39 Å². The second-order valence-electron chi connectivity index (χ2n) is 5.04. The average Bonchev–Trinajstić information content (AvgIpc) is 2.87. The molecule has 1 N–H and O–H groups in total. The van der Waals surface area contributed by atoms with Crippen molar-refractivity contribution in [3.63, 3.8) is 0 Å². The van der Waals surface area contributed by atoms with Crippen LogP contribution in [0.3, 0.4) is 0 Å². The molecule has 0 radical (unpaired) electrons. The van der Waals surface area contributed by atoms with E-state index in [9.17, 15) is 9.18 Å². The number of nitrogens with zero attached hydrogens (tertiary/aromatic N) is 2. The molecular formula is C15H17FN2O3. The largest absolute Gasteiger partial charge is 0.481 e. The maximum absolute atomic E-state index is 12.9. The van der Waals surface area contributed by atoms with E-state index in [-0.39, 0.29) is 5.82 Å². The molecule has 1 aromatic heterocycles. The van der Waals surface area contributed by atoms with Crippen LogP contribution in [0.4, 0.5) is 10.2 Å². The highest BCUT2D eigenvalue weighted by Gasteiger charge is 2.19. The number of hydrogen-bond donors (Lipinski definition) is 1. The fraction of sp³-hybridized carbons (Fsp3) is 0.333. The predicted molar refractivity (Wildman–Crippen MR) is 75.5 cm³/mol. The Morgan fingerprint density at radius 3 is 2.62 bits per heavy atom. The van der Waals surface area contributed by atoms with Crippen molar-refractivity contribution in [1.82, 2.24) is 5.16 Å². The molecule has 0 saturated carbocycles. The van der Waals surface area contributed by atoms with E-state index in [2.05, 4.69) is 5.16 Å². The molecule has 5 nitrogen and oxygen atoms in total. The molecular weight excluding hydrogens is 275 g/mol. The van der Waals surface area contributed by atoms with Gasteiger partial charge in [-0.1, -0.05) is 24.2 Å². The van der Waals surface area contributed by atoms with E-state index in [1.165, 1.54) is 12.1 Å². The van der Waals surface area contributed by atoms with Crippen LogP contribution in [0.1, 0.15) is 18.2 Å². The highest BCUT2D eigenvalue weighted by molar-refractivity contribution is 5.70. The monoisotopic (exact) mass is 292 g/mol. The molecule has 21 heavy (non-hydrogen) atoms. The van der Waals surface area contributed by atoms with E-state index in [0.717, 1.165) is 5.56 Å². The molecule has 1 atom stereocenters. The molecule has 1 aromatic carbocycles. The Bertz CT molecular complexity index is 610. The number of halogens is 1. The van der Waals surface area contributed by atoms with Crippen molar-refractivity contribution in [3.05, 3.63) is 47.5 Å². The van der Waals surface area contributed by atoms with E-state index in [1.54, 1.807) is 32.0 Å². The summed E-state index contributed by atoms with van der Waals surface area (Å²) < 4.78 is 18.0. The first-order valence-corrected chi connectivity index (χ1v) is 6.61. The van der Waals surface area contributed by atoms with Gasteiger partial charge in [0.1, 0.15) is 11.6 Å². The minimum absolute atomic E-state index is 0.290. The van der Waals surface area contributed by atoms with Gasteiger partial charge < -0.3 is 14.5 Å². The van der Waals surface area contributed by atoms with Gasteiger partial charge in [0.15, 0.2) is 5.82 Å². The SMILES string of the molecule is Cc1cc(N(Cc2ccc(F)cc2)CC(C)C(=O)O)no1. The number of carboxylic acid groups (broad SMARTS) is 1. The summed E-state index contributed by atoms with van der Waals surface area (Å²) in [5.41, 5.74) is 0.870. The lowest BCUT2D eigenvalue weighted by Crippen LogP contribution is -2.31. The van der Waals surface area contributed by atoms with Crippen LogP contribution in [0, 0.1) is 18.7 Å². The molecule has 0 bridgehead atoms. The molecule has 0 aliphatic carbocycles. The molecule has 0 fully saturated rings. The molecule has 2 rings (SSSR count). The highest BCUT2D eigenvalue weighted by Crippen LogP contribution is 2.19. The van der Waals surface area contributed by atoms with Crippen molar-refractivity contribution >= 4 is 11.8 Å². The molecule has 0 saturated heterocycles. The highest BCUT2D eigenvalue weighted by atomic mass is 19.1. The molecule has 1 heterocycles. The minimum atomic E-state index is -0.876. The molecule has 0 amide bonds. The third kappa shape index (κ3) is 4.05. The van der Waals surface area contributed by atoms with Crippen LogP contribution >= 0.6 is 0 Å². The summed E-state index contributed by atoms with van der Waals surface area (Å²) in [5.74, 6) is -0.509. The van der Waals surface area contributed by atoms with Crippen LogP contribution < -0.4 is 4.90 Å². The Kier molecular flexibility index (Phi) is 4.57. The quantitative estimate of drug-likeness (QED) is 0.886. The summed E-state index contributed by atoms with van der Waals surface area (Å²) >= 11 is 0. The van der Waals surface area contributed by atoms with Crippen LogP contribution in [0.2, 0.25) is 0 Å². The van der Waals surface area contributed by atoms with Gasteiger partial charge >= 0.3 is 5.97 Å². The van der Waals surface area contributed by atoms with E-state index in [4.69, 9.17) is 9.63 Å². The lowest BCUT2D eigenvalue weighted by molar-refractivity contribution is -0.140. The van der Waals surface area contributed by atoms with Crippen molar-refractivity contribution < 1.29 is 18.8 Å². The van der Waals surface area contributed by atoms with E-state index in [0.29, 0.717) is 24.7 Å². The summed E-state index contributed by atoms with van der Waals surface area (Å²) in [5, 5.41) is 13.0. The van der Waals surface area contributed by atoms with Gasteiger partial charge in [-0.05, 0) is 24.6 Å². The predicted octanol–water partition coefficient (Wildman–Crippen LogP) is 2.85. The maximum Gasteiger partial charge on any atom is 0.308 e. The maximum atomic E-state index is 12.9. The smallest absolute Gasteiger partial charge is 0.308 e. The first kappa shape index (κ1) is 15.0. The van der Waals surface area contributed by atoms with Crippen LogP contribution in [0.15, 0.2) is 34.9 Å². The number of rotatable bonds is 6. The molecule has 0 aliphatic heterocycles. The number of aryl methyl sites for hydroxylation is 1. The van der Waals surface area contributed by atoms with Crippen LogP contribution in [-0.2, 0) is 11.3 Å². The second kappa shape index (κ2) is 6.39. The lowest BCUT2D eigenvalue weighted by atomic mass is 10.1. The summed E-state index contributed by atoms with van der Waals surface area (Å²) in [4.78, 5) is 12.9. The third-order valence-electron chi connectivity index (χ3n) is 3.14. The number of benzene rings is 1. The fourth-order valence-electron chi connectivity index (χ4n) is 1.96. The van der Waals surface area contributed by atoms with Gasteiger partial charge in [-0.15, -0.1) is 0 Å². The Morgan fingerprint density at radius 1 is 1.43 bits per heavy atom. The Labute approximate surface area is 122 Å². The van der Waals surface area contributed by atoms with Crippen LogP contribution in [-0.4, -0.2) is 22.8 Å². The zero-order valence-electron chi connectivity index (χ0n) is 11.9. The summed E-state index contributed by atoms with van der Waals surface area (Å²) in [6, 6.07) is 7.84. The first-order chi connectivity index (χ1) is 9.95. The minimum Gasteiger partial charge on any atom is -0.481 e. The summed E-state index contributed by atoms with van der Waals surface area (Å²) in [6.45, 7) is 4.13. The normalized spacial score (nSPS) is 12.1. The van der Waals surface area contributed by atoms with Gasteiger partial charge in [-0.3, -0.25) is 4.79 Å². The molecule has 2 aromatic rings. The van der Waals surface area contributed by atoms with Crippen LogP contribution in [0.5, 0.6) is 0 Å². The zero-order chi connectivity index (χ0) is 15.4. The van der Waals surface area contributed by atoms with Gasteiger partial charge in [0.05, 0.1) is 5.92 Å². The molecule has 0 aliphatic rings. The fourth-order valence-corrected chi connectivity index (χ4v) is 1.96. The Hall–Kier alpha value is -2.37. The van der Waals surface area contributed by atoms with Gasteiger partial charge in [0.2, 0.25) is 0 Å². The zero-order valence-corrected chi connectivity index (χ0v) is 11.9. The Morgan fingerprint density at radius 2 is 2.10 bits per heavy atom. The van der Waals surface area contributed by atoms with Crippen molar-refractivity contribution in [2.75, 3.05) is 11.4 Å². The van der Waals surface area contributed by atoms with Gasteiger partial charge in [0, 0.05) is 19.2 Å². The molecule has 1 unspecified atom stereocenters. The molecule has 0 spiro atoms. The van der Waals surface area contributed by atoms with Gasteiger partial charge in [0.25, 0.3) is 0 Å². The topological polar surface area (TPSA) is 66.6 Å². The van der Waals surface area contributed by atoms with E-state index >= 15 is 0 Å². The number of carbonyl (C=O) groups is 1. The number of anilines is 1. The van der Waals surface area contributed by atoms with Gasteiger partial charge in [-0.2, -0.15) is 0 Å². The number of hydrogen-bond acceptors (Lipinski definition) is 4.